The largest absolute Gasteiger partial charge is 0.487 e. The van der Waals surface area contributed by atoms with Gasteiger partial charge in [0.15, 0.2) is 0 Å². The third kappa shape index (κ3) is 2.83. The summed E-state index contributed by atoms with van der Waals surface area (Å²) in [6.07, 6.45) is 2.84. The van der Waals surface area contributed by atoms with E-state index in [-0.39, 0.29) is 17.5 Å². The number of halogens is 1. The number of rotatable bonds is 3. The first kappa shape index (κ1) is 13.3. The molecule has 2 unspecified atom stereocenters. The second-order valence-electron chi connectivity index (χ2n) is 5.98. The molecule has 1 heterocycles. The highest BCUT2D eigenvalue weighted by Crippen LogP contribution is 2.41. The number of hydrogen-bond donors (Lipinski definition) is 1. The molecule has 1 aliphatic heterocycles. The van der Waals surface area contributed by atoms with Gasteiger partial charge < -0.3 is 10.5 Å². The summed E-state index contributed by atoms with van der Waals surface area (Å²) in [6.45, 7) is 6.51. The zero-order chi connectivity index (χ0) is 13.3. The number of ether oxygens (including phenoxy) is 1. The van der Waals surface area contributed by atoms with E-state index in [0.29, 0.717) is 5.92 Å². The van der Waals surface area contributed by atoms with E-state index in [1.54, 1.807) is 6.07 Å². The van der Waals surface area contributed by atoms with Crippen molar-refractivity contribution in [2.24, 2.45) is 11.7 Å². The summed E-state index contributed by atoms with van der Waals surface area (Å²) in [5.74, 6) is 1.14. The van der Waals surface area contributed by atoms with E-state index < -0.39 is 0 Å². The molecule has 1 aromatic carbocycles. The van der Waals surface area contributed by atoms with Gasteiger partial charge in [0.25, 0.3) is 0 Å². The topological polar surface area (TPSA) is 35.2 Å². The predicted octanol–water partition coefficient (Wildman–Crippen LogP) is 3.80. The minimum atomic E-state index is -0.251. The summed E-state index contributed by atoms with van der Waals surface area (Å²) < 4.78 is 19.3. The van der Waals surface area contributed by atoms with Gasteiger partial charge in [-0.1, -0.05) is 13.8 Å². The Morgan fingerprint density at radius 2 is 2.22 bits per heavy atom. The highest BCUT2D eigenvalue weighted by atomic mass is 19.1. The third-order valence-electron chi connectivity index (χ3n) is 3.63. The fourth-order valence-corrected chi connectivity index (χ4v) is 2.53. The van der Waals surface area contributed by atoms with Crippen molar-refractivity contribution in [2.75, 3.05) is 0 Å². The molecule has 18 heavy (non-hydrogen) atoms. The molecule has 0 amide bonds. The number of hydrogen-bond acceptors (Lipinski definition) is 2. The van der Waals surface area contributed by atoms with Gasteiger partial charge in [-0.05, 0) is 43.9 Å². The van der Waals surface area contributed by atoms with Crippen molar-refractivity contribution >= 4 is 0 Å². The van der Waals surface area contributed by atoms with Gasteiger partial charge in [-0.2, -0.15) is 0 Å². The van der Waals surface area contributed by atoms with Crippen LogP contribution in [-0.2, 0) is 0 Å². The second kappa shape index (κ2) is 4.88. The van der Waals surface area contributed by atoms with Crippen LogP contribution in [0.4, 0.5) is 4.39 Å². The van der Waals surface area contributed by atoms with E-state index in [4.69, 9.17) is 10.5 Å². The van der Waals surface area contributed by atoms with Crippen molar-refractivity contribution in [2.45, 2.75) is 51.7 Å². The molecule has 1 aromatic rings. The molecule has 0 fully saturated rings. The maximum Gasteiger partial charge on any atom is 0.125 e. The molecule has 3 heteroatoms. The van der Waals surface area contributed by atoms with E-state index in [9.17, 15) is 4.39 Å². The van der Waals surface area contributed by atoms with Crippen LogP contribution in [0.1, 0.15) is 51.6 Å². The Labute approximate surface area is 108 Å². The van der Waals surface area contributed by atoms with Crippen molar-refractivity contribution in [1.82, 2.24) is 0 Å². The normalized spacial score (nSPS) is 26.9. The van der Waals surface area contributed by atoms with Gasteiger partial charge in [-0.3, -0.25) is 0 Å². The monoisotopic (exact) mass is 251 g/mol. The van der Waals surface area contributed by atoms with E-state index in [0.717, 1.165) is 30.6 Å². The zero-order valence-corrected chi connectivity index (χ0v) is 11.4. The highest BCUT2D eigenvalue weighted by molar-refractivity contribution is 5.39. The van der Waals surface area contributed by atoms with Crippen LogP contribution >= 0.6 is 0 Å². The first-order chi connectivity index (χ1) is 8.39. The first-order valence-electron chi connectivity index (χ1n) is 6.64. The molecule has 0 bridgehead atoms. The van der Waals surface area contributed by atoms with Gasteiger partial charge in [-0.25, -0.2) is 4.39 Å². The van der Waals surface area contributed by atoms with Crippen molar-refractivity contribution in [1.29, 1.82) is 0 Å². The summed E-state index contributed by atoms with van der Waals surface area (Å²) >= 11 is 0. The third-order valence-corrected chi connectivity index (χ3v) is 3.63. The molecule has 0 saturated heterocycles. The molecule has 0 spiro atoms. The standard InChI is InChI=1S/C15H22FNO/c1-10(2)6-7-15(3)9-13(17)12-8-11(16)4-5-14(12)18-15/h4-5,8,10,13H,6-7,9,17H2,1-3H3. The summed E-state index contributed by atoms with van der Waals surface area (Å²) in [5.41, 5.74) is 6.71. The first-order valence-corrected chi connectivity index (χ1v) is 6.64. The molecule has 2 nitrogen and oxygen atoms in total. The quantitative estimate of drug-likeness (QED) is 0.886. The summed E-state index contributed by atoms with van der Waals surface area (Å²) in [4.78, 5) is 0. The molecular weight excluding hydrogens is 229 g/mol. The lowest BCUT2D eigenvalue weighted by atomic mass is 9.84. The fraction of sp³-hybridized carbons (Fsp3) is 0.600. The minimum Gasteiger partial charge on any atom is -0.487 e. The maximum atomic E-state index is 13.2. The van der Waals surface area contributed by atoms with Gasteiger partial charge in [-0.15, -0.1) is 0 Å². The molecule has 100 valence electrons. The zero-order valence-electron chi connectivity index (χ0n) is 11.4. The van der Waals surface area contributed by atoms with E-state index >= 15 is 0 Å². The Hall–Kier alpha value is -1.09. The highest BCUT2D eigenvalue weighted by Gasteiger charge is 2.35. The Morgan fingerprint density at radius 3 is 2.89 bits per heavy atom. The van der Waals surface area contributed by atoms with Gasteiger partial charge in [0.1, 0.15) is 17.2 Å². The summed E-state index contributed by atoms with van der Waals surface area (Å²) in [6, 6.07) is 4.47. The molecule has 1 aliphatic rings. The number of fused-ring (bicyclic) bond motifs is 1. The second-order valence-corrected chi connectivity index (χ2v) is 5.98. The molecular formula is C15H22FNO. The van der Waals surface area contributed by atoms with Gasteiger partial charge in [0, 0.05) is 18.0 Å². The van der Waals surface area contributed by atoms with Gasteiger partial charge in [0.2, 0.25) is 0 Å². The van der Waals surface area contributed by atoms with Gasteiger partial charge >= 0.3 is 0 Å². The molecule has 0 aromatic heterocycles. The Bertz CT molecular complexity index is 433. The minimum absolute atomic E-state index is 0.137. The van der Waals surface area contributed by atoms with Crippen molar-refractivity contribution in [3.8, 4) is 5.75 Å². The Kier molecular flexibility index (Phi) is 3.62. The van der Waals surface area contributed by atoms with Crippen LogP contribution in [0.2, 0.25) is 0 Å². The average molecular weight is 251 g/mol. The lowest BCUT2D eigenvalue weighted by Gasteiger charge is -2.39. The SMILES string of the molecule is CC(C)CCC1(C)CC(N)c2cc(F)ccc2O1. The van der Waals surface area contributed by atoms with Crippen molar-refractivity contribution < 1.29 is 9.13 Å². The summed E-state index contributed by atoms with van der Waals surface area (Å²) in [5, 5.41) is 0. The molecule has 2 rings (SSSR count). The Morgan fingerprint density at radius 1 is 1.50 bits per heavy atom. The lowest BCUT2D eigenvalue weighted by Crippen LogP contribution is -2.40. The van der Waals surface area contributed by atoms with Crippen LogP contribution in [0.25, 0.3) is 0 Å². The molecule has 2 N–H and O–H groups in total. The van der Waals surface area contributed by atoms with Crippen LogP contribution in [0, 0.1) is 11.7 Å². The van der Waals surface area contributed by atoms with Crippen molar-refractivity contribution in [3.63, 3.8) is 0 Å². The predicted molar refractivity (Wildman–Crippen MR) is 71.1 cm³/mol. The molecule has 2 atom stereocenters. The van der Waals surface area contributed by atoms with Crippen LogP contribution in [0.15, 0.2) is 18.2 Å². The molecule has 0 saturated carbocycles. The smallest absolute Gasteiger partial charge is 0.125 e. The van der Waals surface area contributed by atoms with Crippen LogP contribution in [0.5, 0.6) is 5.75 Å². The van der Waals surface area contributed by atoms with Crippen molar-refractivity contribution in [3.05, 3.63) is 29.6 Å². The molecule has 0 aliphatic carbocycles. The van der Waals surface area contributed by atoms with Crippen LogP contribution in [0.3, 0.4) is 0 Å². The van der Waals surface area contributed by atoms with E-state index in [1.165, 1.54) is 12.1 Å². The van der Waals surface area contributed by atoms with Crippen LogP contribution < -0.4 is 10.5 Å². The summed E-state index contributed by atoms with van der Waals surface area (Å²) in [7, 11) is 0. The van der Waals surface area contributed by atoms with E-state index in [2.05, 4.69) is 20.8 Å². The average Bonchev–Trinajstić information content (AvgIpc) is 2.28. The number of benzene rings is 1. The lowest BCUT2D eigenvalue weighted by molar-refractivity contribution is 0.0403. The Balaban J connectivity index is 2.19. The maximum absolute atomic E-state index is 13.2. The fourth-order valence-electron chi connectivity index (χ4n) is 2.53. The van der Waals surface area contributed by atoms with Gasteiger partial charge in [0.05, 0.1) is 0 Å². The molecule has 0 radical (unpaired) electrons. The van der Waals surface area contributed by atoms with Crippen LogP contribution in [-0.4, -0.2) is 5.60 Å². The van der Waals surface area contributed by atoms with E-state index in [1.807, 2.05) is 0 Å². The number of nitrogens with two attached hydrogens (primary N) is 1.